The zero-order valence-electron chi connectivity index (χ0n) is 10.6. The number of nitrogens with zero attached hydrogens (tertiary/aromatic N) is 3. The second-order valence-electron chi connectivity index (χ2n) is 4.08. The Morgan fingerprint density at radius 1 is 1.17 bits per heavy atom. The van der Waals surface area contributed by atoms with Gasteiger partial charge >= 0.3 is 0 Å². The molecule has 0 fully saturated rings. The van der Waals surface area contributed by atoms with Crippen molar-refractivity contribution in [1.82, 2.24) is 9.97 Å². The van der Waals surface area contributed by atoms with Crippen LogP contribution in [-0.4, -0.2) is 31.1 Å². The van der Waals surface area contributed by atoms with Crippen molar-refractivity contribution in [3.8, 4) is 11.4 Å². The van der Waals surface area contributed by atoms with Crippen LogP contribution in [0.5, 0.6) is 0 Å². The molecule has 18 heavy (non-hydrogen) atoms. The number of nitrogens with one attached hydrogen (secondary N) is 1. The molecule has 0 saturated heterocycles. The van der Waals surface area contributed by atoms with Gasteiger partial charge in [0.05, 0.1) is 4.47 Å². The molecule has 0 aliphatic carbocycles. The van der Waals surface area contributed by atoms with E-state index in [1.807, 2.05) is 33.3 Å². The van der Waals surface area contributed by atoms with Gasteiger partial charge < -0.3 is 10.2 Å². The van der Waals surface area contributed by atoms with Gasteiger partial charge in [0.15, 0.2) is 5.82 Å². The van der Waals surface area contributed by atoms with Crippen molar-refractivity contribution in [1.29, 1.82) is 0 Å². The molecule has 0 aliphatic rings. The van der Waals surface area contributed by atoms with Crippen LogP contribution in [0.15, 0.2) is 34.9 Å². The van der Waals surface area contributed by atoms with Crippen LogP contribution >= 0.6 is 15.9 Å². The molecule has 94 valence electrons. The van der Waals surface area contributed by atoms with Gasteiger partial charge in [0.25, 0.3) is 0 Å². The summed E-state index contributed by atoms with van der Waals surface area (Å²) in [4.78, 5) is 10.8. The standard InChI is InChI=1S/C13H15BrN4/c1-15-13-11(14)8-16-12(17-13)9-4-6-10(7-5-9)18(2)3/h4-8H,1-3H3,(H,15,16,17). The highest BCUT2D eigenvalue weighted by Gasteiger charge is 2.06. The average Bonchev–Trinajstić information content (AvgIpc) is 2.39. The van der Waals surface area contributed by atoms with Gasteiger partial charge in [-0.15, -0.1) is 0 Å². The number of aromatic nitrogens is 2. The van der Waals surface area contributed by atoms with Gasteiger partial charge in [-0.3, -0.25) is 0 Å². The number of halogens is 1. The summed E-state index contributed by atoms with van der Waals surface area (Å²) in [6, 6.07) is 8.16. The molecule has 5 heteroatoms. The van der Waals surface area contributed by atoms with Gasteiger partial charge in [0.1, 0.15) is 5.82 Å². The number of benzene rings is 1. The Balaban J connectivity index is 2.36. The summed E-state index contributed by atoms with van der Waals surface area (Å²) in [5.41, 5.74) is 2.16. The predicted molar refractivity (Wildman–Crippen MR) is 79.0 cm³/mol. The maximum Gasteiger partial charge on any atom is 0.161 e. The first-order valence-electron chi connectivity index (χ1n) is 5.60. The van der Waals surface area contributed by atoms with E-state index in [0.29, 0.717) is 5.82 Å². The van der Waals surface area contributed by atoms with E-state index in [9.17, 15) is 0 Å². The lowest BCUT2D eigenvalue weighted by Crippen LogP contribution is -2.08. The van der Waals surface area contributed by atoms with E-state index in [1.54, 1.807) is 6.20 Å². The Hall–Kier alpha value is -1.62. The highest BCUT2D eigenvalue weighted by molar-refractivity contribution is 9.10. The number of hydrogen-bond acceptors (Lipinski definition) is 4. The highest BCUT2D eigenvalue weighted by Crippen LogP contribution is 2.24. The van der Waals surface area contributed by atoms with Crippen LogP contribution in [0.3, 0.4) is 0 Å². The molecule has 1 aromatic carbocycles. The molecule has 0 saturated carbocycles. The average molecular weight is 307 g/mol. The van der Waals surface area contributed by atoms with Crippen LogP contribution in [0.25, 0.3) is 11.4 Å². The fraction of sp³-hybridized carbons (Fsp3) is 0.231. The second-order valence-corrected chi connectivity index (χ2v) is 4.94. The fourth-order valence-corrected chi connectivity index (χ4v) is 1.98. The van der Waals surface area contributed by atoms with E-state index in [-0.39, 0.29) is 0 Å². The molecule has 2 rings (SSSR count). The maximum atomic E-state index is 4.45. The summed E-state index contributed by atoms with van der Waals surface area (Å²) in [6.07, 6.45) is 1.76. The van der Waals surface area contributed by atoms with Crippen LogP contribution in [0.4, 0.5) is 11.5 Å². The first-order valence-corrected chi connectivity index (χ1v) is 6.39. The Labute approximate surface area is 115 Å². The molecule has 0 bridgehead atoms. The molecule has 0 spiro atoms. The third-order valence-corrected chi connectivity index (χ3v) is 3.20. The Kier molecular flexibility index (Phi) is 3.81. The van der Waals surface area contributed by atoms with Crippen molar-refractivity contribution in [2.45, 2.75) is 0 Å². The van der Waals surface area contributed by atoms with Gasteiger partial charge in [-0.25, -0.2) is 9.97 Å². The quantitative estimate of drug-likeness (QED) is 0.946. The van der Waals surface area contributed by atoms with Crippen molar-refractivity contribution >= 4 is 27.4 Å². The normalized spacial score (nSPS) is 10.2. The topological polar surface area (TPSA) is 41.1 Å². The largest absolute Gasteiger partial charge is 0.378 e. The molecule has 2 aromatic rings. The second kappa shape index (κ2) is 5.35. The predicted octanol–water partition coefficient (Wildman–Crippen LogP) is 3.01. The number of rotatable bonds is 3. The van der Waals surface area contributed by atoms with Gasteiger partial charge in [-0.2, -0.15) is 0 Å². The van der Waals surface area contributed by atoms with Crippen LogP contribution in [0.2, 0.25) is 0 Å². The van der Waals surface area contributed by atoms with Crippen molar-refractivity contribution in [2.75, 3.05) is 31.4 Å². The van der Waals surface area contributed by atoms with Crippen LogP contribution < -0.4 is 10.2 Å². The van der Waals surface area contributed by atoms with E-state index in [1.165, 1.54) is 0 Å². The summed E-state index contributed by atoms with van der Waals surface area (Å²) in [7, 11) is 5.88. The lowest BCUT2D eigenvalue weighted by atomic mass is 10.2. The third kappa shape index (κ3) is 2.61. The number of hydrogen-bond donors (Lipinski definition) is 1. The molecular formula is C13H15BrN4. The van der Waals surface area contributed by atoms with Gasteiger partial charge in [0.2, 0.25) is 0 Å². The minimum atomic E-state index is 0.716. The minimum absolute atomic E-state index is 0.716. The molecule has 1 aromatic heterocycles. The monoisotopic (exact) mass is 306 g/mol. The molecule has 4 nitrogen and oxygen atoms in total. The first-order chi connectivity index (χ1) is 8.61. The maximum absolute atomic E-state index is 4.45. The van der Waals surface area contributed by atoms with Crippen LogP contribution in [-0.2, 0) is 0 Å². The van der Waals surface area contributed by atoms with E-state index >= 15 is 0 Å². The molecule has 0 aliphatic heterocycles. The van der Waals surface area contributed by atoms with Gasteiger partial charge in [-0.05, 0) is 40.2 Å². The van der Waals surface area contributed by atoms with E-state index in [0.717, 1.165) is 21.5 Å². The van der Waals surface area contributed by atoms with Gasteiger partial charge in [0, 0.05) is 38.6 Å². The summed E-state index contributed by atoms with van der Waals surface area (Å²) in [5, 5.41) is 3.03. The SMILES string of the molecule is CNc1nc(-c2ccc(N(C)C)cc2)ncc1Br. The molecule has 1 N–H and O–H groups in total. The first kappa shape index (κ1) is 12.8. The molecule has 0 radical (unpaired) electrons. The number of anilines is 2. The molecule has 0 atom stereocenters. The van der Waals surface area contributed by atoms with E-state index in [4.69, 9.17) is 0 Å². The summed E-state index contributed by atoms with van der Waals surface area (Å²) in [6.45, 7) is 0. The van der Waals surface area contributed by atoms with E-state index in [2.05, 4.69) is 48.2 Å². The zero-order chi connectivity index (χ0) is 13.1. The smallest absolute Gasteiger partial charge is 0.161 e. The van der Waals surface area contributed by atoms with Crippen LogP contribution in [0, 0.1) is 0 Å². The summed E-state index contributed by atoms with van der Waals surface area (Å²) >= 11 is 3.40. The lowest BCUT2D eigenvalue weighted by molar-refractivity contribution is 1.13. The molecule has 0 unspecified atom stereocenters. The van der Waals surface area contributed by atoms with E-state index < -0.39 is 0 Å². The summed E-state index contributed by atoms with van der Waals surface area (Å²) < 4.78 is 0.860. The van der Waals surface area contributed by atoms with Crippen LogP contribution in [0.1, 0.15) is 0 Å². The molecule has 1 heterocycles. The molecular weight excluding hydrogens is 292 g/mol. The lowest BCUT2D eigenvalue weighted by Gasteiger charge is -2.12. The zero-order valence-corrected chi connectivity index (χ0v) is 12.2. The third-order valence-electron chi connectivity index (χ3n) is 2.62. The summed E-state index contributed by atoms with van der Waals surface area (Å²) in [5.74, 6) is 1.50. The van der Waals surface area contributed by atoms with Crippen molar-refractivity contribution in [3.05, 3.63) is 34.9 Å². The van der Waals surface area contributed by atoms with Crippen molar-refractivity contribution < 1.29 is 0 Å². The minimum Gasteiger partial charge on any atom is -0.378 e. The molecule has 0 amide bonds. The Bertz CT molecular complexity index is 537. The highest BCUT2D eigenvalue weighted by atomic mass is 79.9. The van der Waals surface area contributed by atoms with Crippen molar-refractivity contribution in [3.63, 3.8) is 0 Å². The van der Waals surface area contributed by atoms with Crippen molar-refractivity contribution in [2.24, 2.45) is 0 Å². The Morgan fingerprint density at radius 2 is 1.83 bits per heavy atom. The van der Waals surface area contributed by atoms with Gasteiger partial charge in [-0.1, -0.05) is 0 Å². The fourth-order valence-electron chi connectivity index (χ4n) is 1.59. The Morgan fingerprint density at radius 3 is 2.39 bits per heavy atom.